The highest BCUT2D eigenvalue weighted by atomic mass is 16.9. The zero-order valence-electron chi connectivity index (χ0n) is 18.8. The molecule has 0 amide bonds. The first-order valence-electron chi connectivity index (χ1n) is 10.3. The van der Waals surface area contributed by atoms with E-state index in [9.17, 15) is 9.59 Å². The third kappa shape index (κ3) is 11.4. The van der Waals surface area contributed by atoms with Crippen LogP contribution in [0.25, 0.3) is 0 Å². The Kier molecular flexibility index (Phi) is 11.7. The van der Waals surface area contributed by atoms with E-state index in [-0.39, 0.29) is 0 Å². The average Bonchev–Trinajstić information content (AvgIpc) is 3.02. The molecule has 0 unspecified atom stereocenters. The van der Waals surface area contributed by atoms with Crippen molar-refractivity contribution in [1.29, 1.82) is 0 Å². The zero-order valence-corrected chi connectivity index (χ0v) is 18.8. The predicted octanol–water partition coefficient (Wildman–Crippen LogP) is 6.16. The quantitative estimate of drug-likeness (QED) is 0.275. The summed E-state index contributed by atoms with van der Waals surface area (Å²) in [6.07, 6.45) is 4.71. The average molecular weight is 439 g/mol. The molecular formula is C23H34O8. The summed E-state index contributed by atoms with van der Waals surface area (Å²) >= 11 is 0. The molecule has 0 bridgehead atoms. The minimum Gasteiger partial charge on any atom is -0.450 e. The SMILES string of the molecule is C=C(CCC=C(C)CCC=C(C)CCC=C(C)C)C1O[C@@H](OC(=O)O)[C@H](OC(=O)O)O1. The van der Waals surface area contributed by atoms with Crippen LogP contribution in [0.2, 0.25) is 0 Å². The van der Waals surface area contributed by atoms with Gasteiger partial charge in [-0.15, -0.1) is 0 Å². The number of rotatable bonds is 12. The monoisotopic (exact) mass is 438 g/mol. The lowest BCUT2D eigenvalue weighted by molar-refractivity contribution is -0.153. The van der Waals surface area contributed by atoms with Crippen molar-refractivity contribution < 1.29 is 38.7 Å². The minimum atomic E-state index is -1.63. The fraction of sp³-hybridized carbons (Fsp3) is 0.565. The van der Waals surface area contributed by atoms with Gasteiger partial charge in [-0.2, -0.15) is 0 Å². The molecule has 0 aromatic carbocycles. The van der Waals surface area contributed by atoms with Gasteiger partial charge in [0, 0.05) is 0 Å². The maximum Gasteiger partial charge on any atom is 0.508 e. The molecule has 1 saturated heterocycles. The van der Waals surface area contributed by atoms with E-state index in [2.05, 4.69) is 62.0 Å². The smallest absolute Gasteiger partial charge is 0.450 e. The van der Waals surface area contributed by atoms with Crippen molar-refractivity contribution in [1.82, 2.24) is 0 Å². The van der Waals surface area contributed by atoms with Crippen LogP contribution in [-0.2, 0) is 18.9 Å². The lowest BCUT2D eigenvalue weighted by atomic mass is 10.0. The van der Waals surface area contributed by atoms with E-state index in [1.165, 1.54) is 16.7 Å². The molecule has 2 atom stereocenters. The van der Waals surface area contributed by atoms with Crippen molar-refractivity contribution in [2.75, 3.05) is 0 Å². The van der Waals surface area contributed by atoms with Crippen LogP contribution in [0.15, 0.2) is 47.1 Å². The topological polar surface area (TPSA) is 112 Å². The van der Waals surface area contributed by atoms with E-state index in [1.807, 2.05) is 0 Å². The minimum absolute atomic E-state index is 0.527. The predicted molar refractivity (Wildman–Crippen MR) is 116 cm³/mol. The lowest BCUT2D eigenvalue weighted by Crippen LogP contribution is -2.31. The summed E-state index contributed by atoms with van der Waals surface area (Å²) in [5, 5.41) is 17.5. The third-order valence-electron chi connectivity index (χ3n) is 4.59. The zero-order chi connectivity index (χ0) is 23.4. The highest BCUT2D eigenvalue weighted by Crippen LogP contribution is 2.28. The summed E-state index contributed by atoms with van der Waals surface area (Å²) in [5.74, 6) is 0. The molecule has 174 valence electrons. The van der Waals surface area contributed by atoms with Gasteiger partial charge in [-0.3, -0.25) is 0 Å². The highest BCUT2D eigenvalue weighted by molar-refractivity contribution is 5.58. The first-order chi connectivity index (χ1) is 14.6. The Morgan fingerprint density at radius 3 is 1.65 bits per heavy atom. The van der Waals surface area contributed by atoms with E-state index >= 15 is 0 Å². The van der Waals surface area contributed by atoms with E-state index in [0.29, 0.717) is 18.4 Å². The lowest BCUT2D eigenvalue weighted by Gasteiger charge is -2.13. The van der Waals surface area contributed by atoms with Crippen molar-refractivity contribution in [3.63, 3.8) is 0 Å². The van der Waals surface area contributed by atoms with Gasteiger partial charge in [0.15, 0.2) is 6.29 Å². The summed E-state index contributed by atoms with van der Waals surface area (Å²) in [4.78, 5) is 21.4. The van der Waals surface area contributed by atoms with E-state index in [1.54, 1.807) is 0 Å². The molecular weight excluding hydrogens is 404 g/mol. The largest absolute Gasteiger partial charge is 0.508 e. The van der Waals surface area contributed by atoms with Gasteiger partial charge in [0.1, 0.15) is 0 Å². The molecule has 2 N–H and O–H groups in total. The molecule has 0 spiro atoms. The van der Waals surface area contributed by atoms with Crippen molar-refractivity contribution in [2.45, 2.75) is 85.1 Å². The van der Waals surface area contributed by atoms with Crippen LogP contribution in [-0.4, -0.2) is 41.4 Å². The van der Waals surface area contributed by atoms with Gasteiger partial charge in [0.25, 0.3) is 12.6 Å². The van der Waals surface area contributed by atoms with Crippen molar-refractivity contribution in [3.8, 4) is 0 Å². The van der Waals surface area contributed by atoms with Crippen LogP contribution < -0.4 is 0 Å². The molecule has 31 heavy (non-hydrogen) atoms. The van der Waals surface area contributed by atoms with Crippen LogP contribution in [0.1, 0.15) is 66.2 Å². The molecule has 1 heterocycles. The van der Waals surface area contributed by atoms with E-state index in [4.69, 9.17) is 19.7 Å². The molecule has 0 radical (unpaired) electrons. The van der Waals surface area contributed by atoms with Crippen LogP contribution in [0.5, 0.6) is 0 Å². The maximum absolute atomic E-state index is 10.7. The first kappa shape index (κ1) is 26.5. The Morgan fingerprint density at radius 1 is 0.806 bits per heavy atom. The fourth-order valence-electron chi connectivity index (χ4n) is 2.92. The van der Waals surface area contributed by atoms with Gasteiger partial charge in [0.2, 0.25) is 0 Å². The molecule has 0 saturated carbocycles. The van der Waals surface area contributed by atoms with Gasteiger partial charge in [-0.1, -0.05) is 41.5 Å². The standard InChI is InChI=1S/C23H34O8/c1-15(2)9-6-10-16(3)11-7-12-17(4)13-8-14-18(5)19-28-20(30-22(24)25)21(29-19)31-23(26)27/h9,11,13,19-21H,5-8,10,12,14H2,1-4H3,(H,24,25)(H,26,27)/t20-,21-/m0/s1. The Labute approximate surface area is 183 Å². The number of ether oxygens (including phenoxy) is 4. The number of hydrogen-bond acceptors (Lipinski definition) is 6. The number of carboxylic acid groups (broad SMARTS) is 2. The highest BCUT2D eigenvalue weighted by Gasteiger charge is 2.42. The summed E-state index contributed by atoms with van der Waals surface area (Å²) in [6, 6.07) is 0. The molecule has 0 aliphatic carbocycles. The van der Waals surface area contributed by atoms with Crippen LogP contribution >= 0.6 is 0 Å². The molecule has 1 rings (SSSR count). The summed E-state index contributed by atoms with van der Waals surface area (Å²) in [7, 11) is 0. The Hall–Kier alpha value is -2.58. The van der Waals surface area contributed by atoms with Crippen LogP contribution in [0.4, 0.5) is 9.59 Å². The Bertz CT molecular complexity index is 691. The molecule has 8 nitrogen and oxygen atoms in total. The van der Waals surface area contributed by atoms with E-state index < -0.39 is 31.2 Å². The molecule has 1 fully saturated rings. The fourth-order valence-corrected chi connectivity index (χ4v) is 2.92. The summed E-state index contributed by atoms with van der Waals surface area (Å²) < 4.78 is 19.5. The van der Waals surface area contributed by atoms with Gasteiger partial charge in [-0.25, -0.2) is 9.59 Å². The molecule has 0 aromatic heterocycles. The number of hydrogen-bond donors (Lipinski definition) is 2. The third-order valence-corrected chi connectivity index (χ3v) is 4.59. The number of allylic oxidation sites excluding steroid dienone is 6. The second-order valence-corrected chi connectivity index (χ2v) is 7.77. The van der Waals surface area contributed by atoms with E-state index in [0.717, 1.165) is 25.7 Å². The van der Waals surface area contributed by atoms with Gasteiger partial charge >= 0.3 is 12.3 Å². The van der Waals surface area contributed by atoms with Gasteiger partial charge in [0.05, 0.1) is 0 Å². The molecule has 1 aliphatic heterocycles. The summed E-state index contributed by atoms with van der Waals surface area (Å²) in [6.45, 7) is 12.3. The van der Waals surface area contributed by atoms with Gasteiger partial charge < -0.3 is 29.2 Å². The molecule has 0 aromatic rings. The molecule has 1 aliphatic rings. The Balaban J connectivity index is 2.42. The first-order valence-corrected chi connectivity index (χ1v) is 10.3. The van der Waals surface area contributed by atoms with Crippen LogP contribution in [0, 0.1) is 0 Å². The van der Waals surface area contributed by atoms with Crippen molar-refractivity contribution in [2.24, 2.45) is 0 Å². The normalized spacial score (nSPS) is 19.7. The summed E-state index contributed by atoms with van der Waals surface area (Å²) in [5.41, 5.74) is 4.53. The Morgan fingerprint density at radius 2 is 1.23 bits per heavy atom. The van der Waals surface area contributed by atoms with Crippen LogP contribution in [0.3, 0.4) is 0 Å². The van der Waals surface area contributed by atoms with Crippen molar-refractivity contribution in [3.05, 3.63) is 47.1 Å². The second-order valence-electron chi connectivity index (χ2n) is 7.77. The van der Waals surface area contributed by atoms with Crippen molar-refractivity contribution >= 4 is 12.3 Å². The second kappa shape index (κ2) is 13.7. The van der Waals surface area contributed by atoms with Gasteiger partial charge in [-0.05, 0) is 71.8 Å². The molecule has 8 heteroatoms. The maximum atomic E-state index is 10.7. The number of carbonyl (C=O) groups is 2.